The molecule has 0 bridgehead atoms. The Morgan fingerprint density at radius 1 is 0.943 bits per heavy atom. The average Bonchev–Trinajstić information content (AvgIpc) is 3.59. The zero-order chi connectivity index (χ0) is 24.3. The molecule has 3 nitrogen and oxygen atoms in total. The lowest BCUT2D eigenvalue weighted by molar-refractivity contribution is 0.176. The number of benzene rings is 2. The molecule has 2 N–H and O–H groups in total. The van der Waals surface area contributed by atoms with E-state index in [-0.39, 0.29) is 5.54 Å². The smallest absolute Gasteiger partial charge is 0.122 e. The van der Waals surface area contributed by atoms with E-state index in [1.54, 1.807) is 0 Å². The van der Waals surface area contributed by atoms with Crippen LogP contribution in [0.3, 0.4) is 0 Å². The molecule has 2 fully saturated rings. The summed E-state index contributed by atoms with van der Waals surface area (Å²) in [5, 5.41) is 0.728. The lowest BCUT2D eigenvalue weighted by Gasteiger charge is -2.36. The van der Waals surface area contributed by atoms with Crippen LogP contribution in [0.2, 0.25) is 5.02 Å². The Hall–Kier alpha value is -2.80. The number of nitrogens with zero attached hydrogens (tertiary/aromatic N) is 1. The van der Waals surface area contributed by atoms with Crippen LogP contribution in [0.25, 0.3) is 11.1 Å². The van der Waals surface area contributed by atoms with Gasteiger partial charge in [-0.05, 0) is 104 Å². The summed E-state index contributed by atoms with van der Waals surface area (Å²) in [6.45, 7) is 2.76. The molecular formula is C31H33ClN2O. The monoisotopic (exact) mass is 484 g/mol. The Morgan fingerprint density at radius 2 is 1.66 bits per heavy atom. The number of hydrogen-bond donors (Lipinski definition) is 1. The number of rotatable bonds is 7. The van der Waals surface area contributed by atoms with Crippen molar-refractivity contribution >= 4 is 11.6 Å². The van der Waals surface area contributed by atoms with Crippen molar-refractivity contribution in [2.75, 3.05) is 6.61 Å². The minimum Gasteiger partial charge on any atom is -0.493 e. The number of aromatic nitrogens is 1. The summed E-state index contributed by atoms with van der Waals surface area (Å²) in [5.41, 5.74) is 11.9. The summed E-state index contributed by atoms with van der Waals surface area (Å²) in [4.78, 5) is 4.50. The highest BCUT2D eigenvalue weighted by atomic mass is 35.5. The van der Waals surface area contributed by atoms with E-state index in [1.807, 2.05) is 54.7 Å². The van der Waals surface area contributed by atoms with Gasteiger partial charge in [0.15, 0.2) is 0 Å². The highest BCUT2D eigenvalue weighted by Gasteiger charge is 2.47. The number of nitrogens with two attached hydrogens (primary N) is 1. The highest BCUT2D eigenvalue weighted by molar-refractivity contribution is 6.30. The summed E-state index contributed by atoms with van der Waals surface area (Å²) in [5.74, 6) is 8.69. The molecule has 2 aliphatic carbocycles. The van der Waals surface area contributed by atoms with Crippen molar-refractivity contribution in [1.29, 1.82) is 0 Å². The second-order valence-corrected chi connectivity index (χ2v) is 10.6. The van der Waals surface area contributed by atoms with E-state index in [2.05, 4.69) is 29.8 Å². The second-order valence-electron chi connectivity index (χ2n) is 10.1. The maximum atomic E-state index is 6.97. The topological polar surface area (TPSA) is 48.1 Å². The number of hydrogen-bond acceptors (Lipinski definition) is 3. The molecule has 1 heterocycles. The second kappa shape index (κ2) is 10.4. The van der Waals surface area contributed by atoms with Crippen molar-refractivity contribution in [2.24, 2.45) is 17.6 Å². The quantitative estimate of drug-likeness (QED) is 0.361. The Kier molecular flexibility index (Phi) is 7.14. The molecule has 2 aliphatic rings. The number of halogens is 1. The molecule has 0 radical (unpaired) electrons. The average molecular weight is 485 g/mol. The van der Waals surface area contributed by atoms with Crippen molar-refractivity contribution in [2.45, 2.75) is 57.4 Å². The summed E-state index contributed by atoms with van der Waals surface area (Å²) >= 11 is 5.98. The van der Waals surface area contributed by atoms with Crippen molar-refractivity contribution in [1.82, 2.24) is 4.98 Å². The Balaban J connectivity index is 1.19. The third-order valence-electron chi connectivity index (χ3n) is 7.70. The van der Waals surface area contributed by atoms with Crippen LogP contribution in [0.1, 0.15) is 61.8 Å². The first-order chi connectivity index (χ1) is 17.0. The first kappa shape index (κ1) is 23.9. The van der Waals surface area contributed by atoms with Crippen LogP contribution >= 0.6 is 11.6 Å². The van der Waals surface area contributed by atoms with Gasteiger partial charge in [0.05, 0.1) is 6.61 Å². The Labute approximate surface area is 214 Å². The van der Waals surface area contributed by atoms with Crippen LogP contribution in [0.15, 0.2) is 60.8 Å². The number of ether oxygens (including phenoxy) is 1. The number of aryl methyl sites for hydroxylation is 1. The van der Waals surface area contributed by atoms with Crippen molar-refractivity contribution in [3.63, 3.8) is 0 Å². The molecule has 2 aromatic carbocycles. The molecule has 5 rings (SSSR count). The van der Waals surface area contributed by atoms with E-state index in [9.17, 15) is 0 Å². The SMILES string of the molecule is Cc1cc(C#Cc2ccc(-c3ccc(Cl)cc3)cn2)ccc1OCCC(N)(C1CCCC1)C1CC1. The molecule has 0 saturated heterocycles. The van der Waals surface area contributed by atoms with Gasteiger partial charge in [0.2, 0.25) is 0 Å². The largest absolute Gasteiger partial charge is 0.493 e. The van der Waals surface area contributed by atoms with Crippen LogP contribution < -0.4 is 10.5 Å². The molecule has 180 valence electrons. The number of pyridine rings is 1. The molecule has 0 spiro atoms. The van der Waals surface area contributed by atoms with E-state index in [0.29, 0.717) is 18.4 Å². The van der Waals surface area contributed by atoms with Crippen molar-refractivity contribution in [3.05, 3.63) is 82.6 Å². The zero-order valence-corrected chi connectivity index (χ0v) is 21.2. The van der Waals surface area contributed by atoms with Crippen LogP contribution in [-0.4, -0.2) is 17.1 Å². The predicted molar refractivity (Wildman–Crippen MR) is 144 cm³/mol. The molecule has 1 atom stereocenters. The van der Waals surface area contributed by atoms with Gasteiger partial charge in [-0.2, -0.15) is 0 Å². The predicted octanol–water partition coefficient (Wildman–Crippen LogP) is 7.18. The van der Waals surface area contributed by atoms with Gasteiger partial charge in [-0.3, -0.25) is 0 Å². The molecular weight excluding hydrogens is 452 g/mol. The van der Waals surface area contributed by atoms with E-state index < -0.39 is 0 Å². The molecule has 1 aromatic heterocycles. The fraction of sp³-hybridized carbons (Fsp3) is 0.387. The van der Waals surface area contributed by atoms with Crippen LogP contribution in [-0.2, 0) is 0 Å². The molecule has 0 amide bonds. The molecule has 0 aliphatic heterocycles. The summed E-state index contributed by atoms with van der Waals surface area (Å²) in [6.07, 6.45) is 10.6. The highest BCUT2D eigenvalue weighted by Crippen LogP contribution is 2.48. The summed E-state index contributed by atoms with van der Waals surface area (Å²) in [6, 6.07) is 17.9. The standard InChI is InChI=1S/C31H33ClN2O/c1-22-20-23(6-15-29-16-10-25(21-34-29)24-8-13-28(32)14-9-24)7-17-30(22)35-19-18-31(33,27-11-12-27)26-4-2-3-5-26/h7-10,13-14,16-17,20-21,26-27H,2-5,11-12,18-19,33H2,1H3. The fourth-order valence-corrected chi connectivity index (χ4v) is 5.60. The first-order valence-electron chi connectivity index (χ1n) is 12.8. The fourth-order valence-electron chi connectivity index (χ4n) is 5.47. The molecule has 1 unspecified atom stereocenters. The van der Waals surface area contributed by atoms with Gasteiger partial charge in [-0.15, -0.1) is 0 Å². The van der Waals surface area contributed by atoms with Gasteiger partial charge in [0.25, 0.3) is 0 Å². The van der Waals surface area contributed by atoms with Gasteiger partial charge >= 0.3 is 0 Å². The van der Waals surface area contributed by atoms with Gasteiger partial charge in [-0.25, -0.2) is 4.98 Å². The first-order valence-corrected chi connectivity index (χ1v) is 13.2. The van der Waals surface area contributed by atoms with Gasteiger partial charge < -0.3 is 10.5 Å². The molecule has 4 heteroatoms. The van der Waals surface area contributed by atoms with E-state index in [4.69, 9.17) is 22.1 Å². The lowest BCUT2D eigenvalue weighted by Crippen LogP contribution is -2.49. The summed E-state index contributed by atoms with van der Waals surface area (Å²) < 4.78 is 6.20. The lowest BCUT2D eigenvalue weighted by atomic mass is 9.77. The van der Waals surface area contributed by atoms with E-state index >= 15 is 0 Å². The van der Waals surface area contributed by atoms with Crippen LogP contribution in [0, 0.1) is 30.6 Å². The Bertz CT molecular complexity index is 1220. The summed E-state index contributed by atoms with van der Waals surface area (Å²) in [7, 11) is 0. The molecule has 2 saturated carbocycles. The maximum absolute atomic E-state index is 6.97. The van der Waals surface area contributed by atoms with Gasteiger partial charge in [0.1, 0.15) is 11.4 Å². The zero-order valence-electron chi connectivity index (χ0n) is 20.4. The maximum Gasteiger partial charge on any atom is 0.122 e. The third-order valence-corrected chi connectivity index (χ3v) is 7.95. The Morgan fingerprint density at radius 3 is 2.31 bits per heavy atom. The van der Waals surface area contributed by atoms with Crippen LogP contribution in [0.5, 0.6) is 5.75 Å². The van der Waals surface area contributed by atoms with E-state index in [1.165, 1.54) is 38.5 Å². The molecule has 35 heavy (non-hydrogen) atoms. The van der Waals surface area contributed by atoms with Crippen molar-refractivity contribution < 1.29 is 4.74 Å². The third kappa shape index (κ3) is 5.72. The minimum absolute atomic E-state index is 0.0358. The van der Waals surface area contributed by atoms with Gasteiger partial charge in [0, 0.05) is 27.9 Å². The van der Waals surface area contributed by atoms with Crippen molar-refractivity contribution in [3.8, 4) is 28.7 Å². The minimum atomic E-state index is -0.0358. The molecule has 3 aromatic rings. The van der Waals surface area contributed by atoms with E-state index in [0.717, 1.165) is 45.1 Å². The van der Waals surface area contributed by atoms with Crippen LogP contribution in [0.4, 0.5) is 0 Å². The van der Waals surface area contributed by atoms with Gasteiger partial charge in [-0.1, -0.05) is 48.6 Å². The normalized spacial score (nSPS) is 17.5.